The van der Waals surface area contributed by atoms with E-state index >= 15 is 0 Å². The number of methoxy groups -OCH3 is 2. The standard InChI is InChI=1S/C14H24N2O2/c1-5-16(11(2)10-17-3)9-12-8-13(18-4)6-7-14(12)15/h6-8,11H,5,9-10,15H2,1-4H3. The highest BCUT2D eigenvalue weighted by Crippen LogP contribution is 2.21. The summed E-state index contributed by atoms with van der Waals surface area (Å²) in [6.07, 6.45) is 0. The van der Waals surface area contributed by atoms with E-state index in [0.29, 0.717) is 6.04 Å². The predicted molar refractivity (Wildman–Crippen MR) is 74.8 cm³/mol. The third-order valence-electron chi connectivity index (χ3n) is 3.16. The van der Waals surface area contributed by atoms with Crippen molar-refractivity contribution >= 4 is 5.69 Å². The average molecular weight is 252 g/mol. The number of rotatable bonds is 7. The molecule has 0 spiro atoms. The summed E-state index contributed by atoms with van der Waals surface area (Å²) in [6, 6.07) is 6.14. The van der Waals surface area contributed by atoms with Crippen LogP contribution in [0.4, 0.5) is 5.69 Å². The van der Waals surface area contributed by atoms with Crippen LogP contribution in [0.5, 0.6) is 5.75 Å². The second kappa shape index (κ2) is 7.24. The lowest BCUT2D eigenvalue weighted by molar-refractivity contribution is 0.0983. The molecule has 2 N–H and O–H groups in total. The Kier molecular flexibility index (Phi) is 5.95. The van der Waals surface area contributed by atoms with E-state index in [0.717, 1.165) is 36.7 Å². The van der Waals surface area contributed by atoms with Gasteiger partial charge in [0, 0.05) is 25.4 Å². The van der Waals surface area contributed by atoms with Gasteiger partial charge in [-0.2, -0.15) is 0 Å². The molecule has 1 rings (SSSR count). The fraction of sp³-hybridized carbons (Fsp3) is 0.571. The van der Waals surface area contributed by atoms with Gasteiger partial charge < -0.3 is 15.2 Å². The molecule has 0 aromatic heterocycles. The van der Waals surface area contributed by atoms with E-state index in [9.17, 15) is 0 Å². The normalized spacial score (nSPS) is 12.7. The van der Waals surface area contributed by atoms with Crippen LogP contribution in [0.1, 0.15) is 19.4 Å². The van der Waals surface area contributed by atoms with Gasteiger partial charge in [0.1, 0.15) is 5.75 Å². The number of ether oxygens (including phenoxy) is 2. The summed E-state index contributed by atoms with van der Waals surface area (Å²) >= 11 is 0. The second-order valence-corrected chi connectivity index (χ2v) is 4.43. The lowest BCUT2D eigenvalue weighted by Gasteiger charge is -2.27. The lowest BCUT2D eigenvalue weighted by atomic mass is 10.1. The first-order valence-corrected chi connectivity index (χ1v) is 6.27. The molecule has 0 saturated heterocycles. The van der Waals surface area contributed by atoms with Crippen LogP contribution in [-0.4, -0.2) is 38.3 Å². The first-order chi connectivity index (χ1) is 8.62. The van der Waals surface area contributed by atoms with Gasteiger partial charge in [-0.3, -0.25) is 4.90 Å². The van der Waals surface area contributed by atoms with Crippen LogP contribution in [0.15, 0.2) is 18.2 Å². The number of likely N-dealkylation sites (N-methyl/N-ethyl adjacent to an activating group) is 1. The molecular weight excluding hydrogens is 228 g/mol. The molecule has 0 aliphatic carbocycles. The van der Waals surface area contributed by atoms with Crippen molar-refractivity contribution in [2.75, 3.05) is 33.1 Å². The zero-order valence-corrected chi connectivity index (χ0v) is 11.8. The average Bonchev–Trinajstić information content (AvgIpc) is 2.38. The zero-order chi connectivity index (χ0) is 13.5. The Labute approximate surface area is 110 Å². The topological polar surface area (TPSA) is 47.7 Å². The minimum atomic E-state index is 0.366. The van der Waals surface area contributed by atoms with Crippen molar-refractivity contribution in [2.45, 2.75) is 26.4 Å². The largest absolute Gasteiger partial charge is 0.497 e. The number of nitrogen functional groups attached to an aromatic ring is 1. The lowest BCUT2D eigenvalue weighted by Crippen LogP contribution is -2.35. The van der Waals surface area contributed by atoms with Crippen molar-refractivity contribution in [3.8, 4) is 5.75 Å². The highest BCUT2D eigenvalue weighted by Gasteiger charge is 2.14. The van der Waals surface area contributed by atoms with Gasteiger partial charge in [-0.25, -0.2) is 0 Å². The van der Waals surface area contributed by atoms with Crippen LogP contribution in [-0.2, 0) is 11.3 Å². The Bertz CT molecular complexity index is 369. The molecule has 0 saturated carbocycles. The van der Waals surface area contributed by atoms with Crippen molar-refractivity contribution in [3.05, 3.63) is 23.8 Å². The molecule has 0 aliphatic rings. The SMILES string of the molecule is CCN(Cc1cc(OC)ccc1N)C(C)COC. The fourth-order valence-electron chi connectivity index (χ4n) is 1.99. The molecule has 0 amide bonds. The van der Waals surface area contributed by atoms with E-state index in [4.69, 9.17) is 15.2 Å². The van der Waals surface area contributed by atoms with E-state index in [2.05, 4.69) is 18.7 Å². The minimum Gasteiger partial charge on any atom is -0.497 e. The molecule has 0 bridgehead atoms. The van der Waals surface area contributed by atoms with Crippen LogP contribution < -0.4 is 10.5 Å². The monoisotopic (exact) mass is 252 g/mol. The third kappa shape index (κ3) is 3.89. The van der Waals surface area contributed by atoms with Crippen molar-refractivity contribution in [2.24, 2.45) is 0 Å². The quantitative estimate of drug-likeness (QED) is 0.755. The van der Waals surface area contributed by atoms with Crippen molar-refractivity contribution in [1.29, 1.82) is 0 Å². The summed E-state index contributed by atoms with van der Waals surface area (Å²) in [5.41, 5.74) is 7.91. The maximum atomic E-state index is 6.01. The highest BCUT2D eigenvalue weighted by molar-refractivity contribution is 5.50. The number of anilines is 1. The first kappa shape index (κ1) is 14.8. The molecule has 18 heavy (non-hydrogen) atoms. The molecular formula is C14H24N2O2. The molecule has 102 valence electrons. The second-order valence-electron chi connectivity index (χ2n) is 4.43. The van der Waals surface area contributed by atoms with E-state index in [1.807, 2.05) is 18.2 Å². The summed E-state index contributed by atoms with van der Waals surface area (Å²) in [7, 11) is 3.39. The predicted octanol–water partition coefficient (Wildman–Crippen LogP) is 2.13. The van der Waals surface area contributed by atoms with E-state index in [1.54, 1.807) is 14.2 Å². The van der Waals surface area contributed by atoms with Gasteiger partial charge in [0.2, 0.25) is 0 Å². The molecule has 1 unspecified atom stereocenters. The third-order valence-corrected chi connectivity index (χ3v) is 3.16. The van der Waals surface area contributed by atoms with Crippen LogP contribution in [0.3, 0.4) is 0 Å². The molecule has 1 atom stereocenters. The van der Waals surface area contributed by atoms with Crippen molar-refractivity contribution in [3.63, 3.8) is 0 Å². The first-order valence-electron chi connectivity index (χ1n) is 6.27. The number of nitrogens with two attached hydrogens (primary N) is 1. The smallest absolute Gasteiger partial charge is 0.119 e. The maximum absolute atomic E-state index is 6.01. The molecule has 1 aromatic rings. The van der Waals surface area contributed by atoms with Crippen molar-refractivity contribution < 1.29 is 9.47 Å². The fourth-order valence-corrected chi connectivity index (χ4v) is 1.99. The van der Waals surface area contributed by atoms with E-state index < -0.39 is 0 Å². The van der Waals surface area contributed by atoms with E-state index in [-0.39, 0.29) is 0 Å². The number of hydrogen-bond donors (Lipinski definition) is 1. The maximum Gasteiger partial charge on any atom is 0.119 e. The Hall–Kier alpha value is -1.26. The molecule has 4 heteroatoms. The molecule has 0 heterocycles. The molecule has 1 aromatic carbocycles. The van der Waals surface area contributed by atoms with Crippen LogP contribution in [0.25, 0.3) is 0 Å². The minimum absolute atomic E-state index is 0.366. The Morgan fingerprint density at radius 1 is 1.33 bits per heavy atom. The summed E-state index contributed by atoms with van der Waals surface area (Å²) in [5.74, 6) is 0.842. The van der Waals surface area contributed by atoms with Gasteiger partial charge in [-0.05, 0) is 37.2 Å². The van der Waals surface area contributed by atoms with Gasteiger partial charge in [0.15, 0.2) is 0 Å². The Morgan fingerprint density at radius 2 is 2.06 bits per heavy atom. The van der Waals surface area contributed by atoms with Gasteiger partial charge in [0.25, 0.3) is 0 Å². The summed E-state index contributed by atoms with van der Waals surface area (Å²) < 4.78 is 10.4. The van der Waals surface area contributed by atoms with Gasteiger partial charge in [-0.15, -0.1) is 0 Å². The Morgan fingerprint density at radius 3 is 2.61 bits per heavy atom. The Balaban J connectivity index is 2.80. The zero-order valence-electron chi connectivity index (χ0n) is 11.8. The molecule has 0 fully saturated rings. The van der Waals surface area contributed by atoms with Crippen molar-refractivity contribution in [1.82, 2.24) is 4.90 Å². The van der Waals surface area contributed by atoms with Gasteiger partial charge in [0.05, 0.1) is 13.7 Å². The number of benzene rings is 1. The number of hydrogen-bond acceptors (Lipinski definition) is 4. The molecule has 0 aliphatic heterocycles. The van der Waals surface area contributed by atoms with Gasteiger partial charge in [-0.1, -0.05) is 6.92 Å². The molecule has 4 nitrogen and oxygen atoms in total. The van der Waals surface area contributed by atoms with Crippen LogP contribution in [0, 0.1) is 0 Å². The molecule has 0 radical (unpaired) electrons. The van der Waals surface area contributed by atoms with Gasteiger partial charge >= 0.3 is 0 Å². The highest BCUT2D eigenvalue weighted by atomic mass is 16.5. The summed E-state index contributed by atoms with van der Waals surface area (Å²) in [4.78, 5) is 2.33. The van der Waals surface area contributed by atoms with Crippen LogP contribution >= 0.6 is 0 Å². The summed E-state index contributed by atoms with van der Waals surface area (Å²) in [6.45, 7) is 6.79. The number of nitrogens with zero attached hydrogens (tertiary/aromatic N) is 1. The van der Waals surface area contributed by atoms with Crippen LogP contribution in [0.2, 0.25) is 0 Å². The summed E-state index contributed by atoms with van der Waals surface area (Å²) in [5, 5.41) is 0. The van der Waals surface area contributed by atoms with E-state index in [1.165, 1.54) is 0 Å².